The van der Waals surface area contributed by atoms with Gasteiger partial charge in [0.1, 0.15) is 5.75 Å². The van der Waals surface area contributed by atoms with Crippen LogP contribution in [0.15, 0.2) is 47.4 Å². The monoisotopic (exact) mass is 446 g/mol. The summed E-state index contributed by atoms with van der Waals surface area (Å²) in [6, 6.07) is 12.3. The Labute approximate surface area is 186 Å². The summed E-state index contributed by atoms with van der Waals surface area (Å²) in [5.74, 6) is 1.07. The van der Waals surface area contributed by atoms with Crippen LogP contribution in [0.1, 0.15) is 62.3 Å². The van der Waals surface area contributed by atoms with E-state index in [2.05, 4.69) is 25.2 Å². The Kier molecular flexibility index (Phi) is 8.65. The molecule has 170 valence electrons. The van der Waals surface area contributed by atoms with Gasteiger partial charge >= 0.3 is 0 Å². The molecule has 6 nitrogen and oxygen atoms in total. The van der Waals surface area contributed by atoms with Gasteiger partial charge in [-0.15, -0.1) is 0 Å². The van der Waals surface area contributed by atoms with Gasteiger partial charge in [0, 0.05) is 20.0 Å². The SMILES string of the molecule is COc1cc(C)c([C@@H](C)NC(=O)CCCN(C)S(=O)(=O)c2ccccc2)cc1C(C)C. The third kappa shape index (κ3) is 6.31. The molecule has 31 heavy (non-hydrogen) atoms. The largest absolute Gasteiger partial charge is 0.496 e. The van der Waals surface area contributed by atoms with E-state index in [1.807, 2.05) is 19.9 Å². The van der Waals surface area contributed by atoms with Crippen LogP contribution in [-0.2, 0) is 14.8 Å². The molecule has 0 aliphatic carbocycles. The zero-order chi connectivity index (χ0) is 23.2. The van der Waals surface area contributed by atoms with Crippen molar-refractivity contribution >= 4 is 15.9 Å². The highest BCUT2D eigenvalue weighted by atomic mass is 32.2. The average molecular weight is 447 g/mol. The Bertz CT molecular complexity index is 988. The molecule has 2 aromatic carbocycles. The minimum atomic E-state index is -3.54. The lowest BCUT2D eigenvalue weighted by atomic mass is 9.93. The molecule has 1 amide bonds. The van der Waals surface area contributed by atoms with Gasteiger partial charge in [-0.25, -0.2) is 12.7 Å². The summed E-state index contributed by atoms with van der Waals surface area (Å²) >= 11 is 0. The second-order valence-corrected chi connectivity index (χ2v) is 10.2. The summed E-state index contributed by atoms with van der Waals surface area (Å²) in [5.41, 5.74) is 3.22. The molecule has 0 saturated carbocycles. The molecule has 1 N–H and O–H groups in total. The lowest BCUT2D eigenvalue weighted by Crippen LogP contribution is -2.30. The van der Waals surface area contributed by atoms with Gasteiger partial charge in [-0.2, -0.15) is 0 Å². The van der Waals surface area contributed by atoms with Gasteiger partial charge in [0.25, 0.3) is 0 Å². The summed E-state index contributed by atoms with van der Waals surface area (Å²) in [4.78, 5) is 12.7. The van der Waals surface area contributed by atoms with E-state index in [0.29, 0.717) is 12.3 Å². The highest BCUT2D eigenvalue weighted by molar-refractivity contribution is 7.89. The van der Waals surface area contributed by atoms with E-state index in [1.165, 1.54) is 11.4 Å². The Morgan fingerprint density at radius 3 is 2.32 bits per heavy atom. The zero-order valence-electron chi connectivity index (χ0n) is 19.3. The van der Waals surface area contributed by atoms with Crippen LogP contribution >= 0.6 is 0 Å². The van der Waals surface area contributed by atoms with Crippen LogP contribution in [0.4, 0.5) is 0 Å². The Morgan fingerprint density at radius 1 is 1.10 bits per heavy atom. The number of carbonyl (C=O) groups is 1. The van der Waals surface area contributed by atoms with Crippen molar-refractivity contribution in [3.63, 3.8) is 0 Å². The summed E-state index contributed by atoms with van der Waals surface area (Å²) in [6.07, 6.45) is 0.700. The van der Waals surface area contributed by atoms with E-state index in [4.69, 9.17) is 4.74 Å². The number of ether oxygens (including phenoxy) is 1. The topological polar surface area (TPSA) is 75.7 Å². The third-order valence-electron chi connectivity index (χ3n) is 5.41. The molecule has 0 spiro atoms. The first-order valence-electron chi connectivity index (χ1n) is 10.6. The number of nitrogens with one attached hydrogen (secondary N) is 1. The first-order chi connectivity index (χ1) is 14.6. The van der Waals surface area contributed by atoms with Gasteiger partial charge in [-0.05, 0) is 67.1 Å². The molecule has 1 atom stereocenters. The quantitative estimate of drug-likeness (QED) is 0.587. The van der Waals surface area contributed by atoms with Crippen LogP contribution in [-0.4, -0.2) is 39.3 Å². The van der Waals surface area contributed by atoms with Crippen LogP contribution in [0.3, 0.4) is 0 Å². The lowest BCUT2D eigenvalue weighted by Gasteiger charge is -2.21. The summed E-state index contributed by atoms with van der Waals surface area (Å²) in [6.45, 7) is 8.47. The van der Waals surface area contributed by atoms with E-state index in [-0.39, 0.29) is 29.8 Å². The fourth-order valence-electron chi connectivity index (χ4n) is 3.56. The maximum absolute atomic E-state index is 12.6. The van der Waals surface area contributed by atoms with E-state index in [9.17, 15) is 13.2 Å². The first-order valence-corrected chi connectivity index (χ1v) is 12.0. The maximum atomic E-state index is 12.6. The fourth-order valence-corrected chi connectivity index (χ4v) is 4.79. The number of nitrogens with zero attached hydrogens (tertiary/aromatic N) is 1. The van der Waals surface area contributed by atoms with Gasteiger partial charge in [0.15, 0.2) is 0 Å². The fraction of sp³-hybridized carbons (Fsp3) is 0.458. The van der Waals surface area contributed by atoms with E-state index >= 15 is 0 Å². The van der Waals surface area contributed by atoms with E-state index in [0.717, 1.165) is 22.4 Å². The van der Waals surface area contributed by atoms with Crippen LogP contribution in [0.5, 0.6) is 5.75 Å². The van der Waals surface area contributed by atoms with Crippen LogP contribution < -0.4 is 10.1 Å². The number of carbonyl (C=O) groups excluding carboxylic acids is 1. The van der Waals surface area contributed by atoms with Gasteiger partial charge in [-0.3, -0.25) is 4.79 Å². The average Bonchev–Trinajstić information content (AvgIpc) is 2.73. The van der Waals surface area contributed by atoms with Crippen molar-refractivity contribution in [1.29, 1.82) is 0 Å². The van der Waals surface area contributed by atoms with Crippen molar-refractivity contribution in [2.75, 3.05) is 20.7 Å². The van der Waals surface area contributed by atoms with Crippen molar-refractivity contribution in [3.8, 4) is 5.75 Å². The summed E-state index contributed by atoms with van der Waals surface area (Å²) in [7, 11) is -0.332. The van der Waals surface area contributed by atoms with Crippen LogP contribution in [0.25, 0.3) is 0 Å². The minimum absolute atomic E-state index is 0.0978. The van der Waals surface area contributed by atoms with Gasteiger partial charge < -0.3 is 10.1 Å². The normalized spacial score (nSPS) is 12.8. The third-order valence-corrected chi connectivity index (χ3v) is 7.28. The maximum Gasteiger partial charge on any atom is 0.242 e. The van der Waals surface area contributed by atoms with Gasteiger partial charge in [0.05, 0.1) is 18.0 Å². The lowest BCUT2D eigenvalue weighted by molar-refractivity contribution is -0.121. The molecule has 0 aromatic heterocycles. The molecule has 0 bridgehead atoms. The zero-order valence-corrected chi connectivity index (χ0v) is 20.1. The van der Waals surface area contributed by atoms with Crippen molar-refractivity contribution in [2.45, 2.75) is 57.4 Å². The molecule has 0 unspecified atom stereocenters. The molecule has 0 saturated heterocycles. The number of sulfonamides is 1. The number of methoxy groups -OCH3 is 1. The predicted octanol–water partition coefficient (Wildman–Crippen LogP) is 4.41. The van der Waals surface area contributed by atoms with E-state index < -0.39 is 10.0 Å². The number of hydrogen-bond donors (Lipinski definition) is 1. The van der Waals surface area contributed by atoms with Crippen molar-refractivity contribution in [1.82, 2.24) is 9.62 Å². The van der Waals surface area contributed by atoms with Crippen molar-refractivity contribution in [3.05, 3.63) is 59.2 Å². The number of rotatable bonds is 10. The summed E-state index contributed by atoms with van der Waals surface area (Å²) in [5, 5.41) is 3.04. The van der Waals surface area contributed by atoms with E-state index in [1.54, 1.807) is 37.4 Å². The molecule has 0 radical (unpaired) electrons. The number of amides is 1. The minimum Gasteiger partial charge on any atom is -0.496 e. The van der Waals surface area contributed by atoms with Crippen LogP contribution in [0, 0.1) is 6.92 Å². The van der Waals surface area contributed by atoms with Gasteiger partial charge in [-0.1, -0.05) is 32.0 Å². The molecule has 0 fully saturated rings. The highest BCUT2D eigenvalue weighted by Crippen LogP contribution is 2.32. The molecule has 0 aliphatic rings. The first kappa shape index (κ1) is 24.9. The Balaban J connectivity index is 1.95. The predicted molar refractivity (Wildman–Crippen MR) is 124 cm³/mol. The van der Waals surface area contributed by atoms with Gasteiger partial charge in [0.2, 0.25) is 15.9 Å². The second-order valence-electron chi connectivity index (χ2n) is 8.14. The van der Waals surface area contributed by atoms with Crippen molar-refractivity contribution in [2.24, 2.45) is 0 Å². The molecule has 2 aromatic rings. The highest BCUT2D eigenvalue weighted by Gasteiger charge is 2.21. The number of benzene rings is 2. The van der Waals surface area contributed by atoms with Crippen LogP contribution in [0.2, 0.25) is 0 Å². The second kappa shape index (κ2) is 10.8. The smallest absolute Gasteiger partial charge is 0.242 e. The molecular weight excluding hydrogens is 412 g/mol. The Hall–Kier alpha value is -2.38. The number of aryl methyl sites for hydroxylation is 1. The molecule has 0 aliphatic heterocycles. The van der Waals surface area contributed by atoms with Crippen molar-refractivity contribution < 1.29 is 17.9 Å². The molecule has 7 heteroatoms. The summed E-state index contributed by atoms with van der Waals surface area (Å²) < 4.78 is 31.9. The standard InChI is InChI=1S/C24H34N2O4S/c1-17(2)21-16-22(18(3)15-23(21)30-6)19(4)25-24(27)13-10-14-26(5)31(28,29)20-11-8-7-9-12-20/h7-9,11-12,15-17,19H,10,13-14H2,1-6H3,(H,25,27)/t19-/m1/s1. The number of hydrogen-bond acceptors (Lipinski definition) is 4. The molecule has 0 heterocycles. The Morgan fingerprint density at radius 2 is 1.74 bits per heavy atom. The molecule has 2 rings (SSSR count). The molecular formula is C24H34N2O4S.